The van der Waals surface area contributed by atoms with Gasteiger partial charge in [0.15, 0.2) is 14.6 Å². The fraction of sp³-hybridized carbons (Fsp3) is 0.357. The highest BCUT2D eigenvalue weighted by Crippen LogP contribution is 2.36. The zero-order valence-electron chi connectivity index (χ0n) is 20.1. The van der Waals surface area contributed by atoms with Crippen molar-refractivity contribution in [2.75, 3.05) is 26.3 Å². The Morgan fingerprint density at radius 1 is 0.806 bits per heavy atom. The second kappa shape index (κ2) is 9.67. The summed E-state index contributed by atoms with van der Waals surface area (Å²) in [4.78, 5) is 27.1. The van der Waals surface area contributed by atoms with Crippen molar-refractivity contribution in [3.05, 3.63) is 66.2 Å². The summed E-state index contributed by atoms with van der Waals surface area (Å²) in [7, 11) is -3.97. The van der Waals surface area contributed by atoms with Crippen LogP contribution in [0.2, 0.25) is 0 Å². The van der Waals surface area contributed by atoms with Crippen LogP contribution in [0.5, 0.6) is 0 Å². The lowest BCUT2D eigenvalue weighted by Gasteiger charge is -2.33. The van der Waals surface area contributed by atoms with Crippen molar-refractivity contribution in [2.45, 2.75) is 41.7 Å². The van der Waals surface area contributed by atoms with Crippen LogP contribution < -0.4 is 5.73 Å². The first-order valence-electron chi connectivity index (χ1n) is 12.4. The van der Waals surface area contributed by atoms with Gasteiger partial charge in [0.1, 0.15) is 0 Å². The Bertz CT molecular complexity index is 1400. The normalized spacial score (nSPS) is 18.2. The number of hydrogen-bond donors (Lipinski definition) is 1. The Morgan fingerprint density at radius 3 is 2.08 bits per heavy atom. The molecule has 2 fully saturated rings. The molecule has 2 saturated heterocycles. The number of nitrogens with zero attached hydrogens (tertiary/aromatic N) is 1. The van der Waals surface area contributed by atoms with Gasteiger partial charge in [-0.2, -0.15) is 0 Å². The fourth-order valence-corrected chi connectivity index (χ4v) is 7.15. The van der Waals surface area contributed by atoms with E-state index in [0.29, 0.717) is 5.56 Å². The molecule has 0 unspecified atom stereocenters. The first-order chi connectivity index (χ1) is 17.3. The molecule has 3 aromatic carbocycles. The first-order valence-corrected chi connectivity index (χ1v) is 13.9. The van der Waals surface area contributed by atoms with Crippen LogP contribution in [0.1, 0.15) is 42.5 Å². The summed E-state index contributed by atoms with van der Waals surface area (Å²) in [6, 6.07) is 18.3. The van der Waals surface area contributed by atoms with Gasteiger partial charge in [-0.05, 0) is 84.3 Å². The van der Waals surface area contributed by atoms with E-state index in [9.17, 15) is 18.0 Å². The van der Waals surface area contributed by atoms with Crippen molar-refractivity contribution in [3.63, 3.8) is 0 Å². The molecule has 0 aliphatic carbocycles. The Kier molecular flexibility index (Phi) is 6.57. The van der Waals surface area contributed by atoms with Crippen LogP contribution in [0.15, 0.2) is 65.6 Å². The van der Waals surface area contributed by atoms with Crippen LogP contribution in [0.4, 0.5) is 0 Å². The van der Waals surface area contributed by atoms with Gasteiger partial charge >= 0.3 is 0 Å². The second-order valence-electron chi connectivity index (χ2n) is 9.63. The molecule has 188 valence electrons. The lowest BCUT2D eigenvalue weighted by Crippen LogP contribution is -2.53. The summed E-state index contributed by atoms with van der Waals surface area (Å²) >= 11 is 0. The number of ether oxygens (including phenoxy) is 1. The van der Waals surface area contributed by atoms with E-state index < -0.39 is 20.5 Å². The lowest BCUT2D eigenvalue weighted by atomic mass is 9.98. The SMILES string of the molecule is NC(=O)C1(S(=O)(=O)c2ccc(-c3ccc4cc(C(=O)N5CCCCC5)ccc4c3)cc2)CCOCC1. The Balaban J connectivity index is 1.40. The third kappa shape index (κ3) is 4.29. The summed E-state index contributed by atoms with van der Waals surface area (Å²) < 4.78 is 30.4. The van der Waals surface area contributed by atoms with Gasteiger partial charge in [0.05, 0.1) is 4.90 Å². The molecule has 36 heavy (non-hydrogen) atoms. The summed E-state index contributed by atoms with van der Waals surface area (Å²) in [5.41, 5.74) is 8.05. The topological polar surface area (TPSA) is 107 Å². The number of hydrogen-bond acceptors (Lipinski definition) is 5. The molecule has 2 aliphatic heterocycles. The number of carbonyl (C=O) groups excluding carboxylic acids is 2. The summed E-state index contributed by atoms with van der Waals surface area (Å²) in [5.74, 6) is -0.752. The summed E-state index contributed by atoms with van der Waals surface area (Å²) in [6.07, 6.45) is 3.40. The van der Waals surface area contributed by atoms with Gasteiger partial charge in [-0.1, -0.05) is 30.3 Å². The minimum absolute atomic E-state index is 0.0549. The first kappa shape index (κ1) is 24.5. The third-order valence-electron chi connectivity index (χ3n) is 7.49. The Morgan fingerprint density at radius 2 is 1.42 bits per heavy atom. The van der Waals surface area contributed by atoms with E-state index >= 15 is 0 Å². The Hall–Kier alpha value is -3.23. The number of piperidine rings is 1. The van der Waals surface area contributed by atoms with Gasteiger partial charge in [0.2, 0.25) is 5.91 Å². The molecule has 7 nitrogen and oxygen atoms in total. The van der Waals surface area contributed by atoms with E-state index in [1.54, 1.807) is 12.1 Å². The average molecular weight is 507 g/mol. The van der Waals surface area contributed by atoms with Crippen LogP contribution >= 0.6 is 0 Å². The van der Waals surface area contributed by atoms with Crippen molar-refractivity contribution in [2.24, 2.45) is 5.73 Å². The molecule has 2 amide bonds. The average Bonchev–Trinajstić information content (AvgIpc) is 2.93. The third-order valence-corrected chi connectivity index (χ3v) is 10.0. The number of rotatable bonds is 5. The zero-order chi connectivity index (χ0) is 25.3. The number of benzene rings is 3. The fourth-order valence-electron chi connectivity index (χ4n) is 5.24. The number of fused-ring (bicyclic) bond motifs is 1. The van der Waals surface area contributed by atoms with Gasteiger partial charge in [-0.15, -0.1) is 0 Å². The Labute approximate surface area is 211 Å². The van der Waals surface area contributed by atoms with Crippen molar-refractivity contribution in [1.82, 2.24) is 4.90 Å². The van der Waals surface area contributed by atoms with Gasteiger partial charge < -0.3 is 15.4 Å². The van der Waals surface area contributed by atoms with Crippen molar-refractivity contribution >= 4 is 32.4 Å². The largest absolute Gasteiger partial charge is 0.381 e. The van der Waals surface area contributed by atoms with Crippen LogP contribution in [-0.2, 0) is 19.4 Å². The predicted octanol–water partition coefficient (Wildman–Crippen LogP) is 3.94. The van der Waals surface area contributed by atoms with Crippen molar-refractivity contribution < 1.29 is 22.7 Å². The molecule has 0 atom stereocenters. The maximum Gasteiger partial charge on any atom is 0.253 e. The summed E-state index contributed by atoms with van der Waals surface area (Å²) in [5, 5.41) is 1.97. The number of amides is 2. The molecule has 8 heteroatoms. The highest BCUT2D eigenvalue weighted by molar-refractivity contribution is 7.93. The van der Waals surface area contributed by atoms with Crippen molar-refractivity contribution in [3.8, 4) is 11.1 Å². The molecular weight excluding hydrogens is 476 g/mol. The maximum atomic E-state index is 13.4. The van der Waals surface area contributed by atoms with E-state index in [4.69, 9.17) is 10.5 Å². The monoisotopic (exact) mass is 506 g/mol. The van der Waals surface area contributed by atoms with Gasteiger partial charge in [-0.3, -0.25) is 9.59 Å². The molecule has 5 rings (SSSR count). The summed E-state index contributed by atoms with van der Waals surface area (Å²) in [6.45, 7) is 2.00. The number of carbonyl (C=O) groups is 2. The molecule has 0 saturated carbocycles. The molecule has 2 N–H and O–H groups in total. The molecule has 0 bridgehead atoms. The van der Waals surface area contributed by atoms with Crippen molar-refractivity contribution in [1.29, 1.82) is 0 Å². The highest BCUT2D eigenvalue weighted by atomic mass is 32.2. The maximum absolute atomic E-state index is 13.4. The van der Waals surface area contributed by atoms with E-state index in [-0.39, 0.29) is 36.9 Å². The molecule has 0 spiro atoms. The van der Waals surface area contributed by atoms with Gasteiger partial charge in [0, 0.05) is 31.9 Å². The molecular formula is C28H30N2O5S. The second-order valence-corrected chi connectivity index (χ2v) is 11.9. The predicted molar refractivity (Wildman–Crippen MR) is 138 cm³/mol. The van der Waals surface area contributed by atoms with Crippen LogP contribution in [0.25, 0.3) is 21.9 Å². The molecule has 2 heterocycles. The number of primary amides is 1. The van der Waals surface area contributed by atoms with Gasteiger partial charge in [-0.25, -0.2) is 8.42 Å². The highest BCUT2D eigenvalue weighted by Gasteiger charge is 2.51. The quantitative estimate of drug-likeness (QED) is 0.564. The van der Waals surface area contributed by atoms with E-state index in [1.165, 1.54) is 18.6 Å². The number of likely N-dealkylation sites (tertiary alicyclic amines) is 1. The van der Waals surface area contributed by atoms with Crippen LogP contribution in [-0.4, -0.2) is 56.2 Å². The minimum Gasteiger partial charge on any atom is -0.381 e. The minimum atomic E-state index is -3.97. The van der Waals surface area contributed by atoms with Crippen LogP contribution in [0.3, 0.4) is 0 Å². The van der Waals surface area contributed by atoms with Crippen LogP contribution in [0, 0.1) is 0 Å². The molecule has 0 aromatic heterocycles. The van der Waals surface area contributed by atoms with E-state index in [0.717, 1.165) is 47.8 Å². The molecule has 3 aromatic rings. The number of nitrogens with two attached hydrogens (primary N) is 1. The standard InChI is InChI=1S/C28H30N2O5S/c29-27(32)28(12-16-35-17-13-28)36(33,34)25-10-8-20(9-11-25)21-4-5-23-19-24(7-6-22(23)18-21)26(31)30-14-2-1-3-15-30/h4-11,18-19H,1-3,12-17H2,(H2,29,32). The van der Waals surface area contributed by atoms with Gasteiger partial charge in [0.25, 0.3) is 5.91 Å². The molecule has 0 radical (unpaired) electrons. The number of sulfone groups is 1. The smallest absolute Gasteiger partial charge is 0.253 e. The zero-order valence-corrected chi connectivity index (χ0v) is 20.9. The molecule has 2 aliphatic rings. The lowest BCUT2D eigenvalue weighted by molar-refractivity contribution is -0.122. The van der Waals surface area contributed by atoms with E-state index in [2.05, 4.69) is 0 Å². The van der Waals surface area contributed by atoms with E-state index in [1.807, 2.05) is 41.3 Å².